The molecular weight excluding hydrogens is 250 g/mol. The Morgan fingerprint density at radius 3 is 3.15 bits per heavy atom. The van der Waals surface area contributed by atoms with Crippen LogP contribution in [0.3, 0.4) is 0 Å². The molecule has 1 atom stereocenters. The van der Waals surface area contributed by atoms with E-state index in [1.54, 1.807) is 0 Å². The van der Waals surface area contributed by atoms with Gasteiger partial charge in [0.15, 0.2) is 0 Å². The predicted molar refractivity (Wildman–Crippen MR) is 80.8 cm³/mol. The predicted octanol–water partition coefficient (Wildman–Crippen LogP) is 1.26. The number of anilines is 1. The number of aromatic nitrogens is 2. The van der Waals surface area contributed by atoms with Gasteiger partial charge in [0.05, 0.1) is 11.9 Å². The molecule has 1 aromatic rings. The standard InChI is InChI=1S/C15H25N5/c1-2-5-16-9-13-10-17-11-15(18-13)20-8-7-19-6-3-4-14(19)12-20/h10-11,14,16H,2-9,12H2,1H3. The van der Waals surface area contributed by atoms with E-state index in [2.05, 4.69) is 27.0 Å². The zero-order valence-electron chi connectivity index (χ0n) is 12.4. The van der Waals surface area contributed by atoms with E-state index < -0.39 is 0 Å². The van der Waals surface area contributed by atoms with Crippen LogP contribution in [-0.2, 0) is 6.54 Å². The van der Waals surface area contributed by atoms with Gasteiger partial charge in [-0.1, -0.05) is 6.92 Å². The number of hydrogen-bond donors (Lipinski definition) is 1. The summed E-state index contributed by atoms with van der Waals surface area (Å²) in [5.74, 6) is 1.05. The molecule has 0 radical (unpaired) electrons. The van der Waals surface area contributed by atoms with Gasteiger partial charge < -0.3 is 10.2 Å². The van der Waals surface area contributed by atoms with Crippen LogP contribution in [0.4, 0.5) is 5.82 Å². The second-order valence-electron chi connectivity index (χ2n) is 5.82. The van der Waals surface area contributed by atoms with Crippen molar-refractivity contribution in [3.8, 4) is 0 Å². The topological polar surface area (TPSA) is 44.3 Å². The second kappa shape index (κ2) is 6.50. The fraction of sp³-hybridized carbons (Fsp3) is 0.733. The van der Waals surface area contributed by atoms with Gasteiger partial charge in [0.2, 0.25) is 0 Å². The first-order chi connectivity index (χ1) is 9.86. The summed E-state index contributed by atoms with van der Waals surface area (Å²) in [4.78, 5) is 14.2. The van der Waals surface area contributed by atoms with Crippen LogP contribution in [0.15, 0.2) is 12.4 Å². The molecule has 110 valence electrons. The van der Waals surface area contributed by atoms with Crippen molar-refractivity contribution < 1.29 is 0 Å². The van der Waals surface area contributed by atoms with Gasteiger partial charge in [-0.05, 0) is 32.4 Å². The fourth-order valence-electron chi connectivity index (χ4n) is 3.22. The Labute approximate surface area is 121 Å². The van der Waals surface area contributed by atoms with Crippen LogP contribution in [0, 0.1) is 0 Å². The summed E-state index contributed by atoms with van der Waals surface area (Å²) in [7, 11) is 0. The monoisotopic (exact) mass is 275 g/mol. The molecule has 0 spiro atoms. The van der Waals surface area contributed by atoms with E-state index >= 15 is 0 Å². The quantitative estimate of drug-likeness (QED) is 0.820. The lowest BCUT2D eigenvalue weighted by molar-refractivity contribution is 0.230. The lowest BCUT2D eigenvalue weighted by Gasteiger charge is -2.38. The fourth-order valence-corrected chi connectivity index (χ4v) is 3.22. The summed E-state index contributed by atoms with van der Waals surface area (Å²) in [6.45, 7) is 8.67. The van der Waals surface area contributed by atoms with Crippen molar-refractivity contribution in [2.24, 2.45) is 0 Å². The summed E-state index contributed by atoms with van der Waals surface area (Å²) >= 11 is 0. The molecular formula is C15H25N5. The van der Waals surface area contributed by atoms with E-state index in [-0.39, 0.29) is 0 Å². The third-order valence-corrected chi connectivity index (χ3v) is 4.32. The zero-order chi connectivity index (χ0) is 13.8. The first-order valence-corrected chi connectivity index (χ1v) is 7.87. The third-order valence-electron chi connectivity index (χ3n) is 4.32. The molecule has 5 heteroatoms. The molecule has 0 saturated carbocycles. The van der Waals surface area contributed by atoms with E-state index in [1.165, 1.54) is 25.9 Å². The van der Waals surface area contributed by atoms with Crippen LogP contribution in [-0.4, -0.2) is 53.6 Å². The van der Waals surface area contributed by atoms with Crippen molar-refractivity contribution >= 4 is 5.82 Å². The average Bonchev–Trinajstić information content (AvgIpc) is 2.95. The first kappa shape index (κ1) is 13.8. The Kier molecular flexibility index (Phi) is 4.47. The minimum absolute atomic E-state index is 0.729. The molecule has 2 saturated heterocycles. The minimum atomic E-state index is 0.729. The molecule has 3 heterocycles. The van der Waals surface area contributed by atoms with Crippen molar-refractivity contribution in [2.45, 2.75) is 38.8 Å². The molecule has 2 aliphatic rings. The Hall–Kier alpha value is -1.20. The highest BCUT2D eigenvalue weighted by atomic mass is 15.3. The number of hydrogen-bond acceptors (Lipinski definition) is 5. The molecule has 5 nitrogen and oxygen atoms in total. The maximum Gasteiger partial charge on any atom is 0.147 e. The number of nitrogens with zero attached hydrogens (tertiary/aromatic N) is 4. The molecule has 1 N–H and O–H groups in total. The summed E-state index contributed by atoms with van der Waals surface area (Å²) in [6, 6.07) is 0.729. The summed E-state index contributed by atoms with van der Waals surface area (Å²) in [6.07, 6.45) is 7.62. The van der Waals surface area contributed by atoms with Crippen LogP contribution in [0.25, 0.3) is 0 Å². The van der Waals surface area contributed by atoms with E-state index in [4.69, 9.17) is 4.98 Å². The van der Waals surface area contributed by atoms with Crippen LogP contribution in [0.2, 0.25) is 0 Å². The highest BCUT2D eigenvalue weighted by Crippen LogP contribution is 2.24. The summed E-state index contributed by atoms with van der Waals surface area (Å²) < 4.78 is 0. The number of piperazine rings is 1. The summed E-state index contributed by atoms with van der Waals surface area (Å²) in [5, 5.41) is 3.39. The molecule has 0 amide bonds. The highest BCUT2D eigenvalue weighted by molar-refractivity contribution is 5.37. The van der Waals surface area contributed by atoms with Gasteiger partial charge in [-0.2, -0.15) is 0 Å². The molecule has 2 aliphatic heterocycles. The van der Waals surface area contributed by atoms with Gasteiger partial charge in [-0.15, -0.1) is 0 Å². The Balaban J connectivity index is 1.63. The Bertz CT molecular complexity index is 436. The zero-order valence-corrected chi connectivity index (χ0v) is 12.4. The number of fused-ring (bicyclic) bond motifs is 1. The molecule has 0 bridgehead atoms. The minimum Gasteiger partial charge on any atom is -0.352 e. The second-order valence-corrected chi connectivity index (χ2v) is 5.82. The van der Waals surface area contributed by atoms with Gasteiger partial charge >= 0.3 is 0 Å². The van der Waals surface area contributed by atoms with Gasteiger partial charge in [-0.25, -0.2) is 4.98 Å². The van der Waals surface area contributed by atoms with Gasteiger partial charge in [0.25, 0.3) is 0 Å². The largest absolute Gasteiger partial charge is 0.352 e. The molecule has 0 aliphatic carbocycles. The van der Waals surface area contributed by atoms with E-state index in [0.29, 0.717) is 0 Å². The van der Waals surface area contributed by atoms with E-state index in [1.807, 2.05) is 12.4 Å². The van der Waals surface area contributed by atoms with Crippen LogP contribution in [0.1, 0.15) is 31.9 Å². The third kappa shape index (κ3) is 3.10. The SMILES string of the molecule is CCCNCc1cncc(N2CCN3CCCC3C2)n1. The summed E-state index contributed by atoms with van der Waals surface area (Å²) in [5.41, 5.74) is 1.05. The van der Waals surface area contributed by atoms with E-state index in [0.717, 1.165) is 50.2 Å². The highest BCUT2D eigenvalue weighted by Gasteiger charge is 2.31. The van der Waals surface area contributed by atoms with Crippen molar-refractivity contribution in [3.63, 3.8) is 0 Å². The van der Waals surface area contributed by atoms with Crippen LogP contribution >= 0.6 is 0 Å². The molecule has 3 rings (SSSR count). The van der Waals surface area contributed by atoms with Crippen molar-refractivity contribution in [3.05, 3.63) is 18.1 Å². The van der Waals surface area contributed by atoms with Crippen LogP contribution < -0.4 is 10.2 Å². The van der Waals surface area contributed by atoms with Crippen molar-refractivity contribution in [2.75, 3.05) is 37.6 Å². The normalized spacial score (nSPS) is 23.1. The number of rotatable bonds is 5. The van der Waals surface area contributed by atoms with Gasteiger partial charge in [0, 0.05) is 38.4 Å². The van der Waals surface area contributed by atoms with Crippen molar-refractivity contribution in [1.82, 2.24) is 20.2 Å². The smallest absolute Gasteiger partial charge is 0.147 e. The Morgan fingerprint density at radius 1 is 1.30 bits per heavy atom. The average molecular weight is 275 g/mol. The molecule has 2 fully saturated rings. The maximum absolute atomic E-state index is 4.76. The molecule has 20 heavy (non-hydrogen) atoms. The first-order valence-electron chi connectivity index (χ1n) is 7.87. The molecule has 1 aromatic heterocycles. The van der Waals surface area contributed by atoms with E-state index in [9.17, 15) is 0 Å². The maximum atomic E-state index is 4.76. The lowest BCUT2D eigenvalue weighted by atomic mass is 10.1. The van der Waals surface area contributed by atoms with Gasteiger partial charge in [-0.3, -0.25) is 9.88 Å². The number of nitrogens with one attached hydrogen (secondary N) is 1. The molecule has 1 unspecified atom stereocenters. The van der Waals surface area contributed by atoms with Gasteiger partial charge in [0.1, 0.15) is 5.82 Å². The lowest BCUT2D eigenvalue weighted by Crippen LogP contribution is -2.50. The van der Waals surface area contributed by atoms with Crippen molar-refractivity contribution in [1.29, 1.82) is 0 Å². The van der Waals surface area contributed by atoms with Crippen LogP contribution in [0.5, 0.6) is 0 Å². The molecule has 0 aromatic carbocycles. The Morgan fingerprint density at radius 2 is 2.25 bits per heavy atom.